The molecule has 1 aromatic heterocycles. The Morgan fingerprint density at radius 1 is 1.44 bits per heavy atom. The van der Waals surface area contributed by atoms with Crippen LogP contribution < -0.4 is 5.56 Å². The molecule has 1 saturated heterocycles. The Labute approximate surface area is 92.6 Å². The summed E-state index contributed by atoms with van der Waals surface area (Å²) in [7, 11) is -3.13. The summed E-state index contributed by atoms with van der Waals surface area (Å²) >= 11 is 0. The molecular weight excluding hydrogens is 228 g/mol. The number of H-pyrrole nitrogens is 1. The molecular formula is C10H10N2O3S. The Hall–Kier alpha value is -1.61. The minimum Gasteiger partial charge on any atom is -0.324 e. The minimum atomic E-state index is -3.13. The van der Waals surface area contributed by atoms with Crippen LogP contribution in [0, 0.1) is 11.3 Å². The van der Waals surface area contributed by atoms with Crippen molar-refractivity contribution in [3.8, 4) is 6.07 Å². The van der Waals surface area contributed by atoms with Gasteiger partial charge in [0.05, 0.1) is 5.75 Å². The largest absolute Gasteiger partial charge is 0.324 e. The van der Waals surface area contributed by atoms with E-state index >= 15 is 0 Å². The smallest absolute Gasteiger partial charge is 0.266 e. The van der Waals surface area contributed by atoms with Crippen molar-refractivity contribution in [2.45, 2.75) is 18.1 Å². The number of hydrogen-bond acceptors (Lipinski definition) is 4. The van der Waals surface area contributed by atoms with Gasteiger partial charge in [0.25, 0.3) is 5.56 Å². The van der Waals surface area contributed by atoms with E-state index in [4.69, 9.17) is 5.26 Å². The van der Waals surface area contributed by atoms with Crippen LogP contribution in [-0.4, -0.2) is 19.2 Å². The van der Waals surface area contributed by atoms with Gasteiger partial charge < -0.3 is 4.98 Å². The van der Waals surface area contributed by atoms with Gasteiger partial charge in [0.2, 0.25) is 0 Å². The van der Waals surface area contributed by atoms with Crippen LogP contribution in [0.4, 0.5) is 0 Å². The van der Waals surface area contributed by atoms with Gasteiger partial charge >= 0.3 is 0 Å². The van der Waals surface area contributed by atoms with Gasteiger partial charge in [0, 0.05) is 5.69 Å². The average Bonchev–Trinajstić information content (AvgIpc) is 2.58. The second-order valence-electron chi connectivity index (χ2n) is 3.77. The highest BCUT2D eigenvalue weighted by Crippen LogP contribution is 2.32. The summed E-state index contributed by atoms with van der Waals surface area (Å²) in [5.74, 6) is 0.166. The molecule has 0 saturated carbocycles. The average molecular weight is 238 g/mol. The molecule has 0 spiro atoms. The number of nitrogens with one attached hydrogen (secondary N) is 1. The number of sulfone groups is 1. The van der Waals surface area contributed by atoms with Crippen LogP contribution in [0.5, 0.6) is 0 Å². The van der Waals surface area contributed by atoms with Gasteiger partial charge in [0.1, 0.15) is 16.9 Å². The van der Waals surface area contributed by atoms with Crippen LogP contribution in [0.25, 0.3) is 0 Å². The minimum absolute atomic E-state index is 0.000792. The van der Waals surface area contributed by atoms with E-state index in [1.165, 1.54) is 12.1 Å². The summed E-state index contributed by atoms with van der Waals surface area (Å²) in [6.45, 7) is 0. The summed E-state index contributed by atoms with van der Waals surface area (Å²) < 4.78 is 23.3. The van der Waals surface area contributed by atoms with Gasteiger partial charge in [-0.05, 0) is 25.0 Å². The summed E-state index contributed by atoms with van der Waals surface area (Å²) in [4.78, 5) is 13.8. The van der Waals surface area contributed by atoms with E-state index in [2.05, 4.69) is 4.98 Å². The van der Waals surface area contributed by atoms with Gasteiger partial charge in [-0.25, -0.2) is 8.42 Å². The first-order chi connectivity index (χ1) is 7.54. The Balaban J connectivity index is 2.48. The van der Waals surface area contributed by atoms with Crippen LogP contribution >= 0.6 is 0 Å². The molecule has 6 heteroatoms. The SMILES string of the molecule is N#Cc1ccc(C2CCCS2(=O)=O)[nH]c1=O. The Kier molecular flexibility index (Phi) is 2.56. The first-order valence-electron chi connectivity index (χ1n) is 4.89. The molecule has 84 valence electrons. The van der Waals surface area contributed by atoms with E-state index in [1.807, 2.05) is 0 Å². The zero-order valence-corrected chi connectivity index (χ0v) is 9.25. The quantitative estimate of drug-likeness (QED) is 0.771. The second-order valence-corrected chi connectivity index (χ2v) is 6.07. The van der Waals surface area contributed by atoms with E-state index in [0.29, 0.717) is 18.5 Å². The molecule has 1 aliphatic rings. The molecule has 2 heterocycles. The number of rotatable bonds is 1. The third kappa shape index (κ3) is 1.74. The van der Waals surface area contributed by atoms with E-state index in [-0.39, 0.29) is 11.3 Å². The number of nitriles is 1. The van der Waals surface area contributed by atoms with Crippen molar-refractivity contribution in [1.29, 1.82) is 5.26 Å². The highest BCUT2D eigenvalue weighted by atomic mass is 32.2. The summed E-state index contributed by atoms with van der Waals surface area (Å²) in [5.41, 5.74) is -0.136. The number of pyridine rings is 1. The molecule has 5 nitrogen and oxygen atoms in total. The summed E-state index contributed by atoms with van der Waals surface area (Å²) in [6, 6.07) is 4.61. The van der Waals surface area contributed by atoms with Crippen LogP contribution in [0.2, 0.25) is 0 Å². The van der Waals surface area contributed by atoms with Gasteiger partial charge in [-0.3, -0.25) is 4.79 Å². The van der Waals surface area contributed by atoms with Crippen LogP contribution in [-0.2, 0) is 9.84 Å². The van der Waals surface area contributed by atoms with Crippen molar-refractivity contribution in [2.24, 2.45) is 0 Å². The van der Waals surface area contributed by atoms with Crippen molar-refractivity contribution in [1.82, 2.24) is 4.98 Å². The molecule has 0 amide bonds. The molecule has 1 aliphatic heterocycles. The zero-order chi connectivity index (χ0) is 11.8. The highest BCUT2D eigenvalue weighted by molar-refractivity contribution is 7.91. The summed E-state index contributed by atoms with van der Waals surface area (Å²) in [5, 5.41) is 7.97. The fourth-order valence-electron chi connectivity index (χ4n) is 1.91. The van der Waals surface area contributed by atoms with Gasteiger partial charge in [0.15, 0.2) is 9.84 Å². The lowest BCUT2D eigenvalue weighted by Gasteiger charge is -2.08. The molecule has 0 bridgehead atoms. The molecule has 1 aromatic rings. The van der Waals surface area contributed by atoms with Gasteiger partial charge in [-0.15, -0.1) is 0 Å². The van der Waals surface area contributed by atoms with Crippen molar-refractivity contribution in [3.05, 3.63) is 33.7 Å². The number of aromatic nitrogens is 1. The molecule has 1 unspecified atom stereocenters. The number of hydrogen-bond donors (Lipinski definition) is 1. The fourth-order valence-corrected chi connectivity index (χ4v) is 3.81. The lowest BCUT2D eigenvalue weighted by atomic mass is 10.1. The summed E-state index contributed by atoms with van der Waals surface area (Å²) in [6.07, 6.45) is 1.15. The van der Waals surface area contributed by atoms with Crippen molar-refractivity contribution in [2.75, 3.05) is 5.75 Å². The topological polar surface area (TPSA) is 90.8 Å². The molecule has 2 rings (SSSR count). The van der Waals surface area contributed by atoms with Crippen molar-refractivity contribution in [3.63, 3.8) is 0 Å². The van der Waals surface area contributed by atoms with Crippen molar-refractivity contribution >= 4 is 9.84 Å². The predicted molar refractivity (Wildman–Crippen MR) is 57.5 cm³/mol. The monoisotopic (exact) mass is 238 g/mol. The van der Waals surface area contributed by atoms with Crippen molar-refractivity contribution < 1.29 is 8.42 Å². The molecule has 1 fully saturated rings. The van der Waals surface area contributed by atoms with E-state index in [1.54, 1.807) is 6.07 Å². The predicted octanol–water partition coefficient (Wildman–Crippen LogP) is 0.496. The third-order valence-electron chi connectivity index (χ3n) is 2.73. The molecule has 0 aromatic carbocycles. The molecule has 1 N–H and O–H groups in total. The Bertz CT molecular complexity index is 610. The maximum atomic E-state index is 11.6. The molecule has 16 heavy (non-hydrogen) atoms. The number of nitrogens with zero attached hydrogens (tertiary/aromatic N) is 1. The molecule has 1 atom stereocenters. The van der Waals surface area contributed by atoms with E-state index in [0.717, 1.165) is 0 Å². The maximum Gasteiger partial charge on any atom is 0.266 e. The first kappa shape index (κ1) is 10.9. The third-order valence-corrected chi connectivity index (χ3v) is 4.94. The lowest BCUT2D eigenvalue weighted by Crippen LogP contribution is -2.17. The normalized spacial score (nSPS) is 22.8. The lowest BCUT2D eigenvalue weighted by molar-refractivity contribution is 0.590. The van der Waals surface area contributed by atoms with Crippen LogP contribution in [0.3, 0.4) is 0 Å². The molecule has 0 aliphatic carbocycles. The van der Waals surface area contributed by atoms with Crippen LogP contribution in [0.1, 0.15) is 29.3 Å². The van der Waals surface area contributed by atoms with Crippen LogP contribution in [0.15, 0.2) is 16.9 Å². The van der Waals surface area contributed by atoms with E-state index in [9.17, 15) is 13.2 Å². The Morgan fingerprint density at radius 3 is 2.69 bits per heavy atom. The van der Waals surface area contributed by atoms with Gasteiger partial charge in [-0.1, -0.05) is 0 Å². The van der Waals surface area contributed by atoms with Gasteiger partial charge in [-0.2, -0.15) is 5.26 Å². The van der Waals surface area contributed by atoms with E-state index < -0.39 is 20.6 Å². The maximum absolute atomic E-state index is 11.6. The fraction of sp³-hybridized carbons (Fsp3) is 0.400. The standard InChI is InChI=1S/C10H10N2O3S/c11-6-7-3-4-8(12-10(7)13)9-2-1-5-16(9,14)15/h3-4,9H,1-2,5H2,(H,12,13). The first-order valence-corrected chi connectivity index (χ1v) is 6.61. The molecule has 0 radical (unpaired) electrons. The zero-order valence-electron chi connectivity index (χ0n) is 8.43. The second kappa shape index (κ2) is 3.76. The number of aromatic amines is 1. The Morgan fingerprint density at radius 2 is 2.19 bits per heavy atom. The highest BCUT2D eigenvalue weighted by Gasteiger charge is 2.33.